The van der Waals surface area contributed by atoms with Gasteiger partial charge in [0.05, 0.1) is 21.6 Å². The van der Waals surface area contributed by atoms with Crippen molar-refractivity contribution in [1.82, 2.24) is 19.2 Å². The molecular weight excluding hydrogens is 471 g/mol. The van der Waals surface area contributed by atoms with Gasteiger partial charge >= 0.3 is 0 Å². The number of rotatable bonds is 4. The number of aryl methyl sites for hydroxylation is 2. The number of piperazine rings is 1. The minimum atomic E-state index is -0.330. The monoisotopic (exact) mass is 498 g/mol. The van der Waals surface area contributed by atoms with Crippen LogP contribution in [0.4, 0.5) is 4.39 Å². The zero-order chi connectivity index (χ0) is 24.8. The molecule has 3 heterocycles. The lowest BCUT2D eigenvalue weighted by atomic mass is 10.1. The molecule has 0 atom stereocenters. The van der Waals surface area contributed by atoms with Crippen LogP contribution in [0.5, 0.6) is 0 Å². The molecule has 0 aliphatic carbocycles. The van der Waals surface area contributed by atoms with E-state index in [9.17, 15) is 9.18 Å². The van der Waals surface area contributed by atoms with E-state index in [1.54, 1.807) is 23.5 Å². The van der Waals surface area contributed by atoms with Gasteiger partial charge < -0.3 is 4.90 Å². The maximum atomic E-state index is 13.3. The summed E-state index contributed by atoms with van der Waals surface area (Å²) in [6, 6.07) is 20.9. The summed E-state index contributed by atoms with van der Waals surface area (Å²) in [7, 11) is 0. The van der Waals surface area contributed by atoms with Gasteiger partial charge in [0, 0.05) is 43.9 Å². The van der Waals surface area contributed by atoms with E-state index in [1.807, 2.05) is 4.90 Å². The lowest BCUT2D eigenvalue weighted by molar-refractivity contribution is 0.0627. The van der Waals surface area contributed by atoms with Crippen molar-refractivity contribution < 1.29 is 9.18 Å². The molecule has 5 nitrogen and oxygen atoms in total. The maximum absolute atomic E-state index is 13.3. The number of benzene rings is 3. The minimum Gasteiger partial charge on any atom is -0.336 e. The number of carbonyl (C=O) groups excluding carboxylic acids is 1. The van der Waals surface area contributed by atoms with Crippen LogP contribution in [0.25, 0.3) is 26.4 Å². The van der Waals surface area contributed by atoms with Crippen molar-refractivity contribution in [2.75, 3.05) is 26.2 Å². The molecule has 0 spiro atoms. The van der Waals surface area contributed by atoms with Crippen LogP contribution in [0.15, 0.2) is 66.7 Å². The fraction of sp³-hybridized carbons (Fsp3) is 0.241. The molecule has 5 aromatic rings. The molecular formula is C29H27FN4OS. The van der Waals surface area contributed by atoms with Crippen molar-refractivity contribution in [2.45, 2.75) is 20.4 Å². The quantitative estimate of drug-likeness (QED) is 0.308. The molecule has 2 aromatic heterocycles. The highest BCUT2D eigenvalue weighted by molar-refractivity contribution is 7.23. The van der Waals surface area contributed by atoms with Crippen LogP contribution in [0, 0.1) is 19.7 Å². The number of halogens is 1. The Morgan fingerprint density at radius 2 is 1.61 bits per heavy atom. The Hall–Kier alpha value is -3.55. The molecule has 1 fully saturated rings. The lowest BCUT2D eigenvalue weighted by Gasteiger charge is -2.34. The highest BCUT2D eigenvalue weighted by Gasteiger charge is 2.25. The zero-order valence-corrected chi connectivity index (χ0v) is 21.2. The molecule has 182 valence electrons. The van der Waals surface area contributed by atoms with Gasteiger partial charge in [-0.25, -0.2) is 9.37 Å². The summed E-state index contributed by atoms with van der Waals surface area (Å²) in [5, 5.41) is 0. The largest absolute Gasteiger partial charge is 0.336 e. The van der Waals surface area contributed by atoms with Crippen molar-refractivity contribution >= 4 is 32.4 Å². The number of imidazole rings is 1. The number of aromatic nitrogens is 2. The average Bonchev–Trinajstić information content (AvgIpc) is 3.41. The molecule has 0 saturated carbocycles. The van der Waals surface area contributed by atoms with E-state index in [1.165, 1.54) is 39.2 Å². The van der Waals surface area contributed by atoms with Crippen molar-refractivity contribution in [3.05, 3.63) is 94.9 Å². The van der Waals surface area contributed by atoms with E-state index in [4.69, 9.17) is 4.98 Å². The predicted molar refractivity (Wildman–Crippen MR) is 143 cm³/mol. The van der Waals surface area contributed by atoms with Gasteiger partial charge in [-0.3, -0.25) is 14.1 Å². The molecule has 6 rings (SSSR count). The summed E-state index contributed by atoms with van der Waals surface area (Å²) in [6.07, 6.45) is 0. The SMILES string of the molecule is Cc1ccc(-c2nc3sc4cc(C)ccc4n3c2CN2CCN(C(=O)c3ccc(F)cc3)CC2)cc1. The zero-order valence-electron chi connectivity index (χ0n) is 20.4. The van der Waals surface area contributed by atoms with Crippen molar-refractivity contribution in [3.8, 4) is 11.3 Å². The number of hydrogen-bond donors (Lipinski definition) is 0. The van der Waals surface area contributed by atoms with Gasteiger partial charge in [-0.15, -0.1) is 0 Å². The van der Waals surface area contributed by atoms with Crippen molar-refractivity contribution in [2.24, 2.45) is 0 Å². The van der Waals surface area contributed by atoms with E-state index in [-0.39, 0.29) is 11.7 Å². The van der Waals surface area contributed by atoms with Gasteiger partial charge in [-0.1, -0.05) is 47.2 Å². The molecule has 36 heavy (non-hydrogen) atoms. The Morgan fingerprint density at radius 1 is 0.917 bits per heavy atom. The van der Waals surface area contributed by atoms with Crippen LogP contribution in [-0.2, 0) is 6.54 Å². The number of amides is 1. The van der Waals surface area contributed by atoms with E-state index in [0.717, 1.165) is 35.9 Å². The highest BCUT2D eigenvalue weighted by atomic mass is 32.1. The Labute approximate surface area is 213 Å². The predicted octanol–water partition coefficient (Wildman–Crippen LogP) is 5.93. The Balaban J connectivity index is 1.30. The number of hydrogen-bond acceptors (Lipinski definition) is 4. The van der Waals surface area contributed by atoms with Gasteiger partial charge in [0.2, 0.25) is 0 Å². The normalized spacial score (nSPS) is 14.7. The summed E-state index contributed by atoms with van der Waals surface area (Å²) in [4.78, 5) is 23.2. The summed E-state index contributed by atoms with van der Waals surface area (Å²) in [5.74, 6) is -0.370. The van der Waals surface area contributed by atoms with E-state index < -0.39 is 0 Å². The molecule has 0 radical (unpaired) electrons. The lowest BCUT2D eigenvalue weighted by Crippen LogP contribution is -2.48. The fourth-order valence-electron chi connectivity index (χ4n) is 4.92. The molecule has 1 aliphatic heterocycles. The van der Waals surface area contributed by atoms with Crippen LogP contribution < -0.4 is 0 Å². The first-order valence-electron chi connectivity index (χ1n) is 12.2. The van der Waals surface area contributed by atoms with E-state index in [2.05, 4.69) is 65.6 Å². The molecule has 3 aromatic carbocycles. The van der Waals surface area contributed by atoms with Crippen LogP contribution >= 0.6 is 11.3 Å². The van der Waals surface area contributed by atoms with E-state index >= 15 is 0 Å². The second kappa shape index (κ2) is 9.15. The number of thiazole rings is 1. The molecule has 0 bridgehead atoms. The maximum Gasteiger partial charge on any atom is 0.253 e. The van der Waals surface area contributed by atoms with Crippen LogP contribution in [0.1, 0.15) is 27.2 Å². The molecule has 1 amide bonds. The molecule has 1 aliphatic rings. The van der Waals surface area contributed by atoms with Crippen LogP contribution in [0.3, 0.4) is 0 Å². The number of nitrogens with zero attached hydrogens (tertiary/aromatic N) is 4. The standard InChI is InChI=1S/C29H27FN4OS/c1-19-3-6-21(7-4-19)27-25(34-24-12-5-20(2)17-26(24)36-29(34)31-27)18-32-13-15-33(16-14-32)28(35)22-8-10-23(30)11-9-22/h3-12,17H,13-16,18H2,1-2H3. The number of fused-ring (bicyclic) bond motifs is 3. The van der Waals surface area contributed by atoms with Crippen molar-refractivity contribution in [1.29, 1.82) is 0 Å². The molecule has 1 saturated heterocycles. The third-order valence-corrected chi connectivity index (χ3v) is 7.95. The fourth-order valence-corrected chi connectivity index (χ4v) is 6.06. The first-order valence-corrected chi connectivity index (χ1v) is 13.0. The molecule has 7 heteroatoms. The van der Waals surface area contributed by atoms with Gasteiger partial charge in [-0.05, 0) is 55.8 Å². The third kappa shape index (κ3) is 4.18. The average molecular weight is 499 g/mol. The number of carbonyl (C=O) groups is 1. The topological polar surface area (TPSA) is 40.9 Å². The molecule has 0 unspecified atom stereocenters. The Bertz CT molecular complexity index is 1560. The van der Waals surface area contributed by atoms with Crippen molar-refractivity contribution in [3.63, 3.8) is 0 Å². The van der Waals surface area contributed by atoms with Gasteiger partial charge in [0.15, 0.2) is 4.96 Å². The van der Waals surface area contributed by atoms with Gasteiger partial charge in [-0.2, -0.15) is 0 Å². The summed E-state index contributed by atoms with van der Waals surface area (Å²) < 4.78 is 16.8. The Kier molecular flexibility index (Phi) is 5.82. The first kappa shape index (κ1) is 22.9. The smallest absolute Gasteiger partial charge is 0.253 e. The van der Waals surface area contributed by atoms with Gasteiger partial charge in [0.1, 0.15) is 5.82 Å². The summed E-state index contributed by atoms with van der Waals surface area (Å²) in [5.41, 5.74) is 7.52. The minimum absolute atomic E-state index is 0.0408. The second-order valence-electron chi connectivity index (χ2n) is 9.54. The molecule has 0 N–H and O–H groups in total. The third-order valence-electron chi connectivity index (χ3n) is 6.95. The second-order valence-corrected chi connectivity index (χ2v) is 10.5. The van der Waals surface area contributed by atoms with Crippen LogP contribution in [-0.4, -0.2) is 51.3 Å². The van der Waals surface area contributed by atoms with Crippen LogP contribution in [0.2, 0.25) is 0 Å². The first-order chi connectivity index (χ1) is 17.5. The van der Waals surface area contributed by atoms with E-state index in [0.29, 0.717) is 18.7 Å². The summed E-state index contributed by atoms with van der Waals surface area (Å²) >= 11 is 1.73. The van der Waals surface area contributed by atoms with Gasteiger partial charge in [0.25, 0.3) is 5.91 Å². The Morgan fingerprint density at radius 3 is 2.33 bits per heavy atom. The highest BCUT2D eigenvalue weighted by Crippen LogP contribution is 2.34. The summed E-state index contributed by atoms with van der Waals surface area (Å²) in [6.45, 7) is 7.79.